The largest absolute Gasteiger partial charge is 0.328 e. The first-order chi connectivity index (χ1) is 9.01. The van der Waals surface area contributed by atoms with Gasteiger partial charge in [0, 0.05) is 21.3 Å². The van der Waals surface area contributed by atoms with Crippen molar-refractivity contribution >= 4 is 27.5 Å². The third kappa shape index (κ3) is 3.16. The third-order valence-corrected chi connectivity index (χ3v) is 3.67. The summed E-state index contributed by atoms with van der Waals surface area (Å²) < 4.78 is 2.33. The van der Waals surface area contributed by atoms with Crippen molar-refractivity contribution in [2.75, 3.05) is 0 Å². The molecular formula is C13H12BrClN2O2. The summed E-state index contributed by atoms with van der Waals surface area (Å²) in [6.07, 6.45) is 2.16. The lowest BCUT2D eigenvalue weighted by Crippen LogP contribution is -2.31. The van der Waals surface area contributed by atoms with Crippen LogP contribution in [0.25, 0.3) is 0 Å². The average molecular weight is 344 g/mol. The van der Waals surface area contributed by atoms with Crippen LogP contribution in [0.1, 0.15) is 18.1 Å². The molecule has 2 rings (SSSR count). The number of aromatic amines is 1. The minimum absolute atomic E-state index is 0.328. The highest BCUT2D eigenvalue weighted by Crippen LogP contribution is 2.21. The fraction of sp³-hybridized carbons (Fsp3) is 0.231. The number of nitrogens with one attached hydrogen (secondary N) is 1. The molecule has 0 radical (unpaired) electrons. The Hall–Kier alpha value is -1.33. The van der Waals surface area contributed by atoms with E-state index in [4.69, 9.17) is 11.6 Å². The second-order valence-corrected chi connectivity index (χ2v) is 5.45. The molecule has 1 N–H and O–H groups in total. The lowest BCUT2D eigenvalue weighted by molar-refractivity contribution is 0.707. The summed E-state index contributed by atoms with van der Waals surface area (Å²) >= 11 is 9.45. The Labute approximate surface area is 123 Å². The Bertz CT molecular complexity index is 721. The highest BCUT2D eigenvalue weighted by molar-refractivity contribution is 9.10. The van der Waals surface area contributed by atoms with Crippen LogP contribution in [0.2, 0.25) is 5.02 Å². The van der Waals surface area contributed by atoms with Crippen molar-refractivity contribution in [3.8, 4) is 0 Å². The van der Waals surface area contributed by atoms with Crippen LogP contribution in [0.4, 0.5) is 0 Å². The molecule has 0 amide bonds. The first-order valence-corrected chi connectivity index (χ1v) is 6.95. The maximum Gasteiger partial charge on any atom is 0.328 e. The lowest BCUT2D eigenvalue weighted by atomic mass is 10.2. The summed E-state index contributed by atoms with van der Waals surface area (Å²) in [6, 6.07) is 5.47. The van der Waals surface area contributed by atoms with Crippen LogP contribution in [0, 0.1) is 0 Å². The van der Waals surface area contributed by atoms with Crippen LogP contribution < -0.4 is 11.2 Å². The van der Waals surface area contributed by atoms with E-state index < -0.39 is 5.69 Å². The Morgan fingerprint density at radius 3 is 2.68 bits per heavy atom. The Morgan fingerprint density at radius 2 is 2.05 bits per heavy atom. The zero-order valence-corrected chi connectivity index (χ0v) is 12.6. The smallest absolute Gasteiger partial charge is 0.296 e. The van der Waals surface area contributed by atoms with Crippen molar-refractivity contribution < 1.29 is 0 Å². The molecule has 0 aliphatic carbocycles. The summed E-state index contributed by atoms with van der Waals surface area (Å²) in [4.78, 5) is 25.5. The Kier molecular flexibility index (Phi) is 4.27. The molecule has 0 aliphatic heterocycles. The van der Waals surface area contributed by atoms with Gasteiger partial charge in [0.1, 0.15) is 0 Å². The number of rotatable bonds is 3. The van der Waals surface area contributed by atoms with E-state index in [0.29, 0.717) is 23.6 Å². The number of hydrogen-bond acceptors (Lipinski definition) is 2. The average Bonchev–Trinajstić information content (AvgIpc) is 2.35. The predicted molar refractivity (Wildman–Crippen MR) is 79.0 cm³/mol. The maximum atomic E-state index is 11.7. The van der Waals surface area contributed by atoms with Gasteiger partial charge in [-0.2, -0.15) is 0 Å². The molecule has 1 heterocycles. The second kappa shape index (κ2) is 5.75. The van der Waals surface area contributed by atoms with E-state index in [9.17, 15) is 9.59 Å². The topological polar surface area (TPSA) is 54.9 Å². The molecule has 0 fully saturated rings. The van der Waals surface area contributed by atoms with E-state index in [1.54, 1.807) is 12.3 Å². The van der Waals surface area contributed by atoms with Gasteiger partial charge in [-0.05, 0) is 24.1 Å². The quantitative estimate of drug-likeness (QED) is 0.931. The molecule has 1 aromatic carbocycles. The Morgan fingerprint density at radius 1 is 1.32 bits per heavy atom. The van der Waals surface area contributed by atoms with Crippen molar-refractivity contribution in [1.29, 1.82) is 0 Å². The van der Waals surface area contributed by atoms with E-state index in [1.165, 1.54) is 4.57 Å². The monoisotopic (exact) mass is 342 g/mol. The summed E-state index contributed by atoms with van der Waals surface area (Å²) in [5, 5.41) is 0.575. The summed E-state index contributed by atoms with van der Waals surface area (Å²) in [5.74, 6) is 0. The standard InChI is InChI=1S/C13H12BrClN2O2/c1-2-8-6-17(13(19)16-12(8)18)7-9-3-4-10(14)5-11(9)15/h3-6H,2,7H2,1H3,(H,16,18,19). The van der Waals surface area contributed by atoms with Crippen LogP contribution in [-0.4, -0.2) is 9.55 Å². The fourth-order valence-corrected chi connectivity index (χ4v) is 2.49. The summed E-state index contributed by atoms with van der Waals surface area (Å²) in [6.45, 7) is 2.20. The SMILES string of the molecule is CCc1cn(Cc2ccc(Br)cc2Cl)c(=O)[nH]c1=O. The van der Waals surface area contributed by atoms with Crippen molar-refractivity contribution in [2.24, 2.45) is 0 Å². The number of nitrogens with zero attached hydrogens (tertiary/aromatic N) is 1. The van der Waals surface area contributed by atoms with Crippen molar-refractivity contribution in [3.05, 3.63) is 65.9 Å². The van der Waals surface area contributed by atoms with E-state index in [1.807, 2.05) is 19.1 Å². The van der Waals surface area contributed by atoms with Gasteiger partial charge in [0.05, 0.1) is 6.54 Å². The van der Waals surface area contributed by atoms with Gasteiger partial charge in [0.25, 0.3) is 5.56 Å². The molecule has 0 saturated carbocycles. The minimum atomic E-state index is -0.429. The highest BCUT2D eigenvalue weighted by Gasteiger charge is 2.06. The first-order valence-electron chi connectivity index (χ1n) is 5.78. The zero-order chi connectivity index (χ0) is 14.0. The Balaban J connectivity index is 2.43. The zero-order valence-electron chi connectivity index (χ0n) is 10.2. The molecule has 1 aromatic heterocycles. The summed E-state index contributed by atoms with van der Waals surface area (Å²) in [7, 11) is 0. The molecule has 0 atom stereocenters. The maximum absolute atomic E-state index is 11.7. The molecule has 100 valence electrons. The van der Waals surface area contributed by atoms with Gasteiger partial charge in [0.2, 0.25) is 0 Å². The molecule has 2 aromatic rings. The van der Waals surface area contributed by atoms with Gasteiger partial charge in [0.15, 0.2) is 0 Å². The van der Waals surface area contributed by atoms with Gasteiger partial charge in [-0.1, -0.05) is 40.5 Å². The molecular weight excluding hydrogens is 332 g/mol. The van der Waals surface area contributed by atoms with Crippen LogP contribution >= 0.6 is 27.5 Å². The van der Waals surface area contributed by atoms with Gasteiger partial charge in [-0.3, -0.25) is 14.3 Å². The van der Waals surface area contributed by atoms with Crippen LogP contribution in [0.3, 0.4) is 0 Å². The van der Waals surface area contributed by atoms with E-state index >= 15 is 0 Å². The highest BCUT2D eigenvalue weighted by atomic mass is 79.9. The molecule has 19 heavy (non-hydrogen) atoms. The predicted octanol–water partition coefficient (Wildman–Crippen LogP) is 2.56. The molecule has 0 unspecified atom stereocenters. The van der Waals surface area contributed by atoms with Crippen molar-refractivity contribution in [1.82, 2.24) is 9.55 Å². The number of aryl methyl sites for hydroxylation is 1. The van der Waals surface area contributed by atoms with Crippen LogP contribution in [-0.2, 0) is 13.0 Å². The van der Waals surface area contributed by atoms with Gasteiger partial charge in [-0.25, -0.2) is 4.79 Å². The van der Waals surface area contributed by atoms with E-state index in [0.717, 1.165) is 10.0 Å². The normalized spacial score (nSPS) is 10.7. The van der Waals surface area contributed by atoms with Gasteiger partial charge in [-0.15, -0.1) is 0 Å². The van der Waals surface area contributed by atoms with Crippen molar-refractivity contribution in [3.63, 3.8) is 0 Å². The molecule has 0 spiro atoms. The third-order valence-electron chi connectivity index (χ3n) is 2.82. The first kappa shape index (κ1) is 14.1. The number of hydrogen-bond donors (Lipinski definition) is 1. The molecule has 0 saturated heterocycles. The lowest BCUT2D eigenvalue weighted by Gasteiger charge is -2.08. The van der Waals surface area contributed by atoms with E-state index in [-0.39, 0.29) is 5.56 Å². The molecule has 4 nitrogen and oxygen atoms in total. The van der Waals surface area contributed by atoms with Crippen LogP contribution in [0.15, 0.2) is 38.5 Å². The summed E-state index contributed by atoms with van der Waals surface area (Å²) in [5.41, 5.74) is 0.640. The van der Waals surface area contributed by atoms with Crippen LogP contribution in [0.5, 0.6) is 0 Å². The van der Waals surface area contributed by atoms with E-state index in [2.05, 4.69) is 20.9 Å². The number of halogens is 2. The minimum Gasteiger partial charge on any atom is -0.296 e. The van der Waals surface area contributed by atoms with Crippen molar-refractivity contribution in [2.45, 2.75) is 19.9 Å². The molecule has 0 bridgehead atoms. The van der Waals surface area contributed by atoms with Gasteiger partial charge >= 0.3 is 5.69 Å². The number of aromatic nitrogens is 2. The molecule has 0 aliphatic rings. The number of benzene rings is 1. The molecule has 6 heteroatoms. The number of H-pyrrole nitrogens is 1. The van der Waals surface area contributed by atoms with Gasteiger partial charge < -0.3 is 0 Å². The fourth-order valence-electron chi connectivity index (χ4n) is 1.76. The second-order valence-electron chi connectivity index (χ2n) is 4.13.